The minimum Gasteiger partial charge on any atom is -0.480 e. The van der Waals surface area contributed by atoms with Gasteiger partial charge in [-0.2, -0.15) is 0 Å². The number of amides is 1. The largest absolute Gasteiger partial charge is 0.480 e. The molecule has 0 saturated carbocycles. The Balaban J connectivity index is 1.40. The summed E-state index contributed by atoms with van der Waals surface area (Å²) in [4.78, 5) is 27.6. The number of esters is 1. The van der Waals surface area contributed by atoms with Crippen LogP contribution in [0.15, 0.2) is 41.8 Å². The predicted octanol–water partition coefficient (Wildman–Crippen LogP) is 3.57. The van der Waals surface area contributed by atoms with Gasteiger partial charge in [0.1, 0.15) is 11.6 Å². The number of ether oxygens (including phenoxy) is 2. The lowest BCUT2D eigenvalue weighted by molar-refractivity contribution is -0.131. The third-order valence-electron chi connectivity index (χ3n) is 3.93. The van der Waals surface area contributed by atoms with Crippen molar-refractivity contribution < 1.29 is 27.8 Å². The summed E-state index contributed by atoms with van der Waals surface area (Å²) in [5, 5.41) is 4.35. The highest BCUT2D eigenvalue weighted by Gasteiger charge is 2.24. The molecule has 0 spiro atoms. The fourth-order valence-corrected chi connectivity index (χ4v) is 3.41. The predicted molar refractivity (Wildman–Crippen MR) is 97.4 cm³/mol. The van der Waals surface area contributed by atoms with Crippen LogP contribution in [0.5, 0.6) is 11.5 Å². The Hall–Kier alpha value is -3.33. The number of rotatable bonds is 5. The summed E-state index contributed by atoms with van der Waals surface area (Å²) in [7, 11) is 0. The van der Waals surface area contributed by atoms with Gasteiger partial charge in [-0.15, -0.1) is 11.3 Å². The van der Waals surface area contributed by atoms with Crippen LogP contribution in [0, 0.1) is 11.6 Å². The Morgan fingerprint density at radius 1 is 1.29 bits per heavy atom. The third kappa shape index (κ3) is 3.70. The van der Waals surface area contributed by atoms with Gasteiger partial charge < -0.3 is 9.47 Å². The highest BCUT2D eigenvalue weighted by atomic mass is 32.1. The average Bonchev–Trinajstić information content (AvgIpc) is 3.25. The Labute approximate surface area is 161 Å². The summed E-state index contributed by atoms with van der Waals surface area (Å²) < 4.78 is 37.4. The number of nitrogens with one attached hydrogen (secondary N) is 1. The molecule has 0 aliphatic carbocycles. The molecule has 9 heteroatoms. The SMILES string of the molecule is O=C(COc1cccc2c1OC(=O)C2)Nc1nc(-c2ccc(F)cc2F)cs1. The van der Waals surface area contributed by atoms with Gasteiger partial charge in [-0.3, -0.25) is 14.9 Å². The molecule has 1 aliphatic rings. The number of benzene rings is 2. The fraction of sp³-hybridized carbons (Fsp3) is 0.105. The van der Waals surface area contributed by atoms with Crippen molar-refractivity contribution in [3.05, 3.63) is 59.0 Å². The zero-order chi connectivity index (χ0) is 19.7. The van der Waals surface area contributed by atoms with Gasteiger partial charge in [0.15, 0.2) is 23.2 Å². The maximum Gasteiger partial charge on any atom is 0.315 e. The van der Waals surface area contributed by atoms with Crippen molar-refractivity contribution >= 4 is 28.3 Å². The van der Waals surface area contributed by atoms with Gasteiger partial charge in [0.25, 0.3) is 5.91 Å². The molecule has 3 aromatic rings. The highest BCUT2D eigenvalue weighted by Crippen LogP contribution is 2.36. The Morgan fingerprint density at radius 3 is 2.96 bits per heavy atom. The van der Waals surface area contributed by atoms with Gasteiger partial charge >= 0.3 is 5.97 Å². The van der Waals surface area contributed by atoms with Crippen molar-refractivity contribution in [3.63, 3.8) is 0 Å². The Bertz CT molecular complexity index is 1080. The van der Waals surface area contributed by atoms with Gasteiger partial charge in [-0.1, -0.05) is 12.1 Å². The summed E-state index contributed by atoms with van der Waals surface area (Å²) in [6, 6.07) is 8.24. The molecule has 2 aromatic carbocycles. The number of aromatic nitrogens is 1. The molecule has 2 heterocycles. The standard InChI is InChI=1S/C19H12F2N2O4S/c20-11-4-5-12(13(21)7-11)14-9-28-19(22-14)23-16(24)8-26-15-3-1-2-10-6-17(25)27-18(10)15/h1-5,7,9H,6,8H2,(H,22,23,24). The monoisotopic (exact) mass is 402 g/mol. The van der Waals surface area contributed by atoms with E-state index in [1.165, 1.54) is 6.07 Å². The molecule has 1 aromatic heterocycles. The van der Waals surface area contributed by atoms with Crippen LogP contribution in [-0.4, -0.2) is 23.5 Å². The average molecular weight is 402 g/mol. The number of para-hydroxylation sites is 1. The molecule has 0 bridgehead atoms. The van der Waals surface area contributed by atoms with Crippen molar-refractivity contribution in [1.82, 2.24) is 4.98 Å². The van der Waals surface area contributed by atoms with Crippen molar-refractivity contribution in [2.45, 2.75) is 6.42 Å². The fourth-order valence-electron chi connectivity index (χ4n) is 2.69. The Morgan fingerprint density at radius 2 is 2.14 bits per heavy atom. The molecule has 0 saturated heterocycles. The van der Waals surface area contributed by atoms with E-state index < -0.39 is 17.5 Å². The zero-order valence-electron chi connectivity index (χ0n) is 14.2. The van der Waals surface area contributed by atoms with Crippen LogP contribution in [0.2, 0.25) is 0 Å². The molecule has 0 unspecified atom stereocenters. The van der Waals surface area contributed by atoms with Crippen molar-refractivity contribution in [2.75, 3.05) is 11.9 Å². The van der Waals surface area contributed by atoms with Gasteiger partial charge in [0.05, 0.1) is 12.1 Å². The molecule has 28 heavy (non-hydrogen) atoms. The summed E-state index contributed by atoms with van der Waals surface area (Å²) in [5.74, 6) is -1.66. The van der Waals surface area contributed by atoms with Gasteiger partial charge in [0, 0.05) is 22.6 Å². The van der Waals surface area contributed by atoms with E-state index in [9.17, 15) is 18.4 Å². The maximum atomic E-state index is 13.8. The molecule has 0 fully saturated rings. The number of thiazole rings is 1. The molecule has 1 N–H and O–H groups in total. The first-order valence-corrected chi connectivity index (χ1v) is 9.04. The first-order chi connectivity index (χ1) is 13.5. The normalized spacial score (nSPS) is 12.4. The first-order valence-electron chi connectivity index (χ1n) is 8.16. The van der Waals surface area contributed by atoms with E-state index in [1.54, 1.807) is 23.6 Å². The van der Waals surface area contributed by atoms with E-state index in [4.69, 9.17) is 9.47 Å². The lowest BCUT2D eigenvalue weighted by Crippen LogP contribution is -2.20. The van der Waals surface area contributed by atoms with Gasteiger partial charge in [0.2, 0.25) is 0 Å². The molecular weight excluding hydrogens is 390 g/mol. The van der Waals surface area contributed by atoms with Crippen molar-refractivity contribution in [1.29, 1.82) is 0 Å². The van der Waals surface area contributed by atoms with E-state index in [0.717, 1.165) is 23.5 Å². The number of carbonyl (C=O) groups is 2. The minimum atomic E-state index is -0.737. The van der Waals surface area contributed by atoms with Crippen molar-refractivity contribution in [2.24, 2.45) is 0 Å². The lowest BCUT2D eigenvalue weighted by Gasteiger charge is -2.09. The van der Waals surface area contributed by atoms with Crippen molar-refractivity contribution in [3.8, 4) is 22.8 Å². The van der Waals surface area contributed by atoms with Gasteiger partial charge in [-0.25, -0.2) is 13.8 Å². The first kappa shape index (κ1) is 18.1. The van der Waals surface area contributed by atoms with Crippen LogP contribution in [0.4, 0.5) is 13.9 Å². The highest BCUT2D eigenvalue weighted by molar-refractivity contribution is 7.14. The molecule has 0 atom stereocenters. The number of halogens is 2. The molecule has 1 amide bonds. The van der Waals surface area contributed by atoms with Crippen LogP contribution in [0.3, 0.4) is 0 Å². The maximum absolute atomic E-state index is 13.8. The summed E-state index contributed by atoms with van der Waals surface area (Å²) >= 11 is 1.10. The number of hydrogen-bond acceptors (Lipinski definition) is 6. The van der Waals surface area contributed by atoms with E-state index in [2.05, 4.69) is 10.3 Å². The summed E-state index contributed by atoms with van der Waals surface area (Å²) in [5.41, 5.74) is 1.12. The minimum absolute atomic E-state index is 0.135. The van der Waals surface area contributed by atoms with Crippen LogP contribution in [0.25, 0.3) is 11.3 Å². The lowest BCUT2D eigenvalue weighted by atomic mass is 10.1. The smallest absolute Gasteiger partial charge is 0.315 e. The second-order valence-electron chi connectivity index (χ2n) is 5.89. The van der Waals surface area contributed by atoms with Gasteiger partial charge in [-0.05, 0) is 18.2 Å². The quantitative estimate of drug-likeness (QED) is 0.522. The van der Waals surface area contributed by atoms with Crippen LogP contribution >= 0.6 is 11.3 Å². The van der Waals surface area contributed by atoms with Crippen LogP contribution in [0.1, 0.15) is 5.56 Å². The van der Waals surface area contributed by atoms with E-state index in [-0.39, 0.29) is 35.4 Å². The second kappa shape index (κ2) is 7.35. The number of fused-ring (bicyclic) bond motifs is 1. The number of carbonyl (C=O) groups excluding carboxylic acids is 2. The topological polar surface area (TPSA) is 77.5 Å². The van der Waals surface area contributed by atoms with Crippen LogP contribution < -0.4 is 14.8 Å². The Kier molecular flexibility index (Phi) is 4.74. The van der Waals surface area contributed by atoms with E-state index in [0.29, 0.717) is 17.1 Å². The zero-order valence-corrected chi connectivity index (χ0v) is 15.0. The second-order valence-corrected chi connectivity index (χ2v) is 6.75. The molecule has 6 nitrogen and oxygen atoms in total. The molecule has 0 radical (unpaired) electrons. The van der Waals surface area contributed by atoms with E-state index in [1.807, 2.05) is 0 Å². The number of anilines is 1. The number of nitrogens with zero attached hydrogens (tertiary/aromatic N) is 1. The summed E-state index contributed by atoms with van der Waals surface area (Å²) in [6.07, 6.45) is 0.167. The summed E-state index contributed by atoms with van der Waals surface area (Å²) in [6.45, 7) is -0.326. The molecule has 1 aliphatic heterocycles. The number of hydrogen-bond donors (Lipinski definition) is 1. The third-order valence-corrected chi connectivity index (χ3v) is 4.69. The van der Waals surface area contributed by atoms with Crippen LogP contribution in [-0.2, 0) is 16.0 Å². The molecular formula is C19H12F2N2O4S. The molecule has 142 valence electrons. The van der Waals surface area contributed by atoms with E-state index >= 15 is 0 Å². The molecule has 4 rings (SSSR count).